The number of allylic oxidation sites excluding steroid dienone is 1. The summed E-state index contributed by atoms with van der Waals surface area (Å²) in [5.74, 6) is -0.518. The number of carbonyl (C=O) groups is 2. The molecular weight excluding hydrogens is 952 g/mol. The number of amides is 1. The minimum absolute atomic E-state index is 0.0167. The quantitative estimate of drug-likeness (QED) is 0.0212. The Kier molecular flexibility index (Phi) is 55.1. The minimum Gasteiger partial charge on any atom is -0.756 e. The summed E-state index contributed by atoms with van der Waals surface area (Å²) in [5.41, 5.74) is 0. The minimum atomic E-state index is -4.69. The van der Waals surface area contributed by atoms with E-state index in [1.807, 2.05) is 33.3 Å². The van der Waals surface area contributed by atoms with Gasteiger partial charge in [-0.05, 0) is 31.8 Å². The van der Waals surface area contributed by atoms with Crippen molar-refractivity contribution in [3.05, 3.63) is 12.2 Å². The van der Waals surface area contributed by atoms with E-state index in [-0.39, 0.29) is 31.5 Å². The maximum absolute atomic E-state index is 13.5. The number of ether oxygens (including phenoxy) is 1. The summed E-state index contributed by atoms with van der Waals surface area (Å²) in [6.45, 7) is 6.90. The molecule has 0 aromatic carbocycles. The Labute approximate surface area is 467 Å². The molecule has 0 aliphatic heterocycles. The molecule has 0 spiro atoms. The van der Waals surface area contributed by atoms with E-state index in [9.17, 15) is 19.0 Å². The molecule has 0 saturated carbocycles. The molecule has 0 saturated heterocycles. The van der Waals surface area contributed by atoms with Crippen molar-refractivity contribution in [1.82, 2.24) is 5.32 Å². The fraction of sp³-hybridized carbons (Fsp3) is 0.938. The molecule has 9 nitrogen and oxygen atoms in total. The molecule has 0 rings (SSSR count). The first kappa shape index (κ1) is 73.8. The van der Waals surface area contributed by atoms with Crippen molar-refractivity contribution in [1.29, 1.82) is 0 Å². The van der Waals surface area contributed by atoms with Crippen LogP contribution in [-0.2, 0) is 27.9 Å². The fourth-order valence-electron chi connectivity index (χ4n) is 10.1. The van der Waals surface area contributed by atoms with E-state index in [4.69, 9.17) is 13.8 Å². The Hall–Kier alpha value is -1.25. The lowest BCUT2D eigenvalue weighted by molar-refractivity contribution is -0.870. The second-order valence-corrected chi connectivity index (χ2v) is 25.4. The van der Waals surface area contributed by atoms with Gasteiger partial charge in [0.15, 0.2) is 0 Å². The highest BCUT2D eigenvalue weighted by Crippen LogP contribution is 2.38. The van der Waals surface area contributed by atoms with Gasteiger partial charge in [0.1, 0.15) is 19.3 Å². The van der Waals surface area contributed by atoms with E-state index < -0.39 is 20.0 Å². The molecule has 75 heavy (non-hydrogen) atoms. The number of phosphoric acid groups is 1. The third kappa shape index (κ3) is 57.3. The average molecular weight is 1080 g/mol. The van der Waals surface area contributed by atoms with Crippen molar-refractivity contribution in [2.45, 2.75) is 354 Å². The molecule has 1 N–H and O–H groups in total. The first-order valence-electron chi connectivity index (χ1n) is 33.0. The second kappa shape index (κ2) is 56.0. The van der Waals surface area contributed by atoms with Crippen molar-refractivity contribution in [3.63, 3.8) is 0 Å². The first-order chi connectivity index (χ1) is 36.4. The van der Waals surface area contributed by atoms with Crippen molar-refractivity contribution in [3.8, 4) is 0 Å². The van der Waals surface area contributed by atoms with Crippen molar-refractivity contribution < 1.29 is 37.3 Å². The summed E-state index contributed by atoms with van der Waals surface area (Å²) in [4.78, 5) is 40.0. The summed E-state index contributed by atoms with van der Waals surface area (Å²) < 4.78 is 30.4. The van der Waals surface area contributed by atoms with E-state index in [0.717, 1.165) is 57.8 Å². The maximum Gasteiger partial charge on any atom is 0.306 e. The lowest BCUT2D eigenvalue weighted by atomic mass is 10.0. The zero-order valence-corrected chi connectivity index (χ0v) is 51.9. The molecule has 446 valence electrons. The molecule has 0 radical (unpaired) electrons. The normalized spacial score (nSPS) is 13.6. The fourth-order valence-corrected chi connectivity index (χ4v) is 10.8. The van der Waals surface area contributed by atoms with Crippen LogP contribution in [0.25, 0.3) is 0 Å². The summed E-state index contributed by atoms with van der Waals surface area (Å²) in [5, 5.41) is 3.04. The van der Waals surface area contributed by atoms with Gasteiger partial charge in [-0.3, -0.25) is 14.2 Å². The number of nitrogens with zero attached hydrogens (tertiary/aromatic N) is 1. The molecular formula is C65H129N2O7P. The molecule has 0 aromatic rings. The number of phosphoric ester groups is 1. The van der Waals surface area contributed by atoms with Crippen LogP contribution in [0.2, 0.25) is 0 Å². The number of hydrogen-bond acceptors (Lipinski definition) is 7. The lowest BCUT2D eigenvalue weighted by Crippen LogP contribution is -2.47. The zero-order chi connectivity index (χ0) is 55.0. The van der Waals surface area contributed by atoms with Crippen molar-refractivity contribution in [2.75, 3.05) is 40.9 Å². The van der Waals surface area contributed by atoms with E-state index in [0.29, 0.717) is 17.4 Å². The van der Waals surface area contributed by atoms with Crippen LogP contribution in [0.3, 0.4) is 0 Å². The van der Waals surface area contributed by atoms with E-state index >= 15 is 0 Å². The predicted molar refractivity (Wildman–Crippen MR) is 321 cm³/mol. The molecule has 0 aliphatic rings. The van der Waals surface area contributed by atoms with Gasteiger partial charge >= 0.3 is 5.97 Å². The molecule has 3 atom stereocenters. The van der Waals surface area contributed by atoms with Crippen LogP contribution in [0.4, 0.5) is 0 Å². The second-order valence-electron chi connectivity index (χ2n) is 24.0. The number of esters is 1. The monoisotopic (exact) mass is 1080 g/mol. The van der Waals surface area contributed by atoms with Crippen LogP contribution in [0.15, 0.2) is 12.2 Å². The van der Waals surface area contributed by atoms with Crippen LogP contribution in [0.5, 0.6) is 0 Å². The molecule has 10 heteroatoms. The highest BCUT2D eigenvalue weighted by Gasteiger charge is 2.27. The molecule has 0 aromatic heterocycles. The topological polar surface area (TPSA) is 114 Å². The van der Waals surface area contributed by atoms with Crippen molar-refractivity contribution >= 4 is 19.7 Å². The maximum atomic E-state index is 13.5. The number of hydrogen-bond donors (Lipinski definition) is 1. The smallest absolute Gasteiger partial charge is 0.306 e. The van der Waals surface area contributed by atoms with E-state index in [2.05, 4.69) is 26.1 Å². The lowest BCUT2D eigenvalue weighted by Gasteiger charge is -2.30. The number of rotatable bonds is 61. The standard InChI is InChI=1S/C65H129N2O7P/c1-7-10-13-16-19-22-25-28-30-31-32-33-34-35-36-37-38-39-42-45-48-51-54-57-64(68)66-62(61-73-75(70,71)72-60-59-67(4,5)6)63(56-53-50-47-44-41-27-24-21-18-15-12-9-3)74-65(69)58-55-52-49-46-43-40-29-26-23-20-17-14-11-8-2/h53,56,62-63H,7-52,54-55,57-61H2,1-6H3,(H-,66,68,70,71)/b56-53-. The number of unbranched alkanes of at least 4 members (excludes halogenated alkanes) is 45. The van der Waals surface area contributed by atoms with Gasteiger partial charge in [0.2, 0.25) is 5.91 Å². The number of carbonyl (C=O) groups excluding carboxylic acids is 2. The van der Waals surface area contributed by atoms with Gasteiger partial charge in [-0.15, -0.1) is 0 Å². The Morgan fingerprint density at radius 3 is 1.09 bits per heavy atom. The number of quaternary nitrogens is 1. The van der Waals surface area contributed by atoms with Crippen LogP contribution >= 0.6 is 7.82 Å². The van der Waals surface area contributed by atoms with Crippen LogP contribution < -0.4 is 10.2 Å². The highest BCUT2D eigenvalue weighted by atomic mass is 31.2. The van der Waals surface area contributed by atoms with Gasteiger partial charge < -0.3 is 28.5 Å². The van der Waals surface area contributed by atoms with Crippen LogP contribution in [0.1, 0.15) is 342 Å². The third-order valence-electron chi connectivity index (χ3n) is 15.2. The number of nitrogens with one attached hydrogen (secondary N) is 1. The van der Waals surface area contributed by atoms with E-state index in [1.54, 1.807) is 0 Å². The molecule has 3 unspecified atom stereocenters. The van der Waals surface area contributed by atoms with Gasteiger partial charge in [-0.2, -0.15) is 0 Å². The summed E-state index contributed by atoms with van der Waals surface area (Å²) in [6.07, 6.45) is 64.7. The molecule has 0 aliphatic carbocycles. The zero-order valence-electron chi connectivity index (χ0n) is 51.0. The SMILES string of the molecule is CCCCCCCCCCCC/C=C\C(OC(=O)CCCCCCCCCCCCCCCC)C(COP(=O)([O-])OCC[N+](C)(C)C)NC(=O)CCCCCCCCCCCCCCCCCCCCCCCCC. The molecule has 0 heterocycles. The average Bonchev–Trinajstić information content (AvgIpc) is 3.37. The molecule has 0 fully saturated rings. The Balaban J connectivity index is 5.07. The van der Waals surface area contributed by atoms with Crippen LogP contribution in [-0.4, -0.2) is 69.4 Å². The Morgan fingerprint density at radius 1 is 0.453 bits per heavy atom. The van der Waals surface area contributed by atoms with Gasteiger partial charge in [0.25, 0.3) is 7.82 Å². The Morgan fingerprint density at radius 2 is 0.760 bits per heavy atom. The largest absolute Gasteiger partial charge is 0.756 e. The van der Waals surface area contributed by atoms with Gasteiger partial charge in [0, 0.05) is 12.8 Å². The Bertz CT molecular complexity index is 1290. The summed E-state index contributed by atoms with van der Waals surface area (Å²) in [7, 11) is 1.21. The van der Waals surface area contributed by atoms with Gasteiger partial charge in [-0.1, -0.05) is 309 Å². The molecule has 1 amide bonds. The summed E-state index contributed by atoms with van der Waals surface area (Å²) in [6, 6.07) is -0.879. The summed E-state index contributed by atoms with van der Waals surface area (Å²) >= 11 is 0. The van der Waals surface area contributed by atoms with Gasteiger partial charge in [0.05, 0.1) is 33.8 Å². The van der Waals surface area contributed by atoms with Crippen LogP contribution in [0, 0.1) is 0 Å². The predicted octanol–water partition coefficient (Wildman–Crippen LogP) is 19.7. The molecule has 0 bridgehead atoms. The first-order valence-corrected chi connectivity index (χ1v) is 34.5. The van der Waals surface area contributed by atoms with Gasteiger partial charge in [-0.25, -0.2) is 0 Å². The number of likely N-dealkylation sites (N-methyl/N-ethyl adjacent to an activating group) is 1. The van der Waals surface area contributed by atoms with Crippen molar-refractivity contribution in [2.24, 2.45) is 0 Å². The highest BCUT2D eigenvalue weighted by molar-refractivity contribution is 7.45. The van der Waals surface area contributed by atoms with E-state index in [1.165, 1.54) is 250 Å². The third-order valence-corrected chi connectivity index (χ3v) is 16.2.